The molecule has 15 heavy (non-hydrogen) atoms. The Kier molecular flexibility index (Phi) is 3.56. The SMILES string of the molecule is CCC(C)N(C)c1ccc(C#N)cc1N. The number of hydrogen-bond donors (Lipinski definition) is 1. The van der Waals surface area contributed by atoms with Gasteiger partial charge in [-0.3, -0.25) is 0 Å². The number of nitriles is 1. The second-order valence-electron chi connectivity index (χ2n) is 3.75. The quantitative estimate of drug-likeness (QED) is 0.767. The van der Waals surface area contributed by atoms with Crippen molar-refractivity contribution < 1.29 is 0 Å². The molecule has 0 amide bonds. The van der Waals surface area contributed by atoms with Gasteiger partial charge in [0.2, 0.25) is 0 Å². The number of benzene rings is 1. The van der Waals surface area contributed by atoms with E-state index in [9.17, 15) is 0 Å². The van der Waals surface area contributed by atoms with E-state index in [-0.39, 0.29) is 0 Å². The monoisotopic (exact) mass is 203 g/mol. The average Bonchev–Trinajstić information content (AvgIpc) is 2.26. The van der Waals surface area contributed by atoms with Gasteiger partial charge in [0.15, 0.2) is 0 Å². The van der Waals surface area contributed by atoms with E-state index in [4.69, 9.17) is 11.0 Å². The van der Waals surface area contributed by atoms with Crippen LogP contribution in [0.3, 0.4) is 0 Å². The smallest absolute Gasteiger partial charge is 0.0992 e. The third-order valence-electron chi connectivity index (χ3n) is 2.79. The Morgan fingerprint density at radius 3 is 2.67 bits per heavy atom. The van der Waals surface area contributed by atoms with E-state index < -0.39 is 0 Å². The Hall–Kier alpha value is -1.69. The molecule has 1 aromatic carbocycles. The number of nitrogen functional groups attached to an aromatic ring is 1. The highest BCUT2D eigenvalue weighted by Crippen LogP contribution is 2.25. The van der Waals surface area contributed by atoms with Gasteiger partial charge < -0.3 is 10.6 Å². The highest BCUT2D eigenvalue weighted by molar-refractivity contribution is 5.69. The van der Waals surface area contributed by atoms with Crippen LogP contribution < -0.4 is 10.6 Å². The van der Waals surface area contributed by atoms with Gasteiger partial charge in [-0.2, -0.15) is 5.26 Å². The lowest BCUT2D eigenvalue weighted by molar-refractivity contribution is 0.664. The number of rotatable bonds is 3. The molecule has 0 spiro atoms. The molecular weight excluding hydrogens is 186 g/mol. The molecule has 3 heteroatoms. The summed E-state index contributed by atoms with van der Waals surface area (Å²) in [5, 5.41) is 8.73. The van der Waals surface area contributed by atoms with Crippen LogP contribution in [0.15, 0.2) is 18.2 Å². The van der Waals surface area contributed by atoms with Crippen LogP contribution in [0.25, 0.3) is 0 Å². The molecule has 0 aliphatic heterocycles. The van der Waals surface area contributed by atoms with E-state index in [2.05, 4.69) is 24.8 Å². The van der Waals surface area contributed by atoms with Gasteiger partial charge in [0, 0.05) is 13.1 Å². The van der Waals surface area contributed by atoms with Crippen LogP contribution in [0.2, 0.25) is 0 Å². The van der Waals surface area contributed by atoms with Crippen LogP contribution in [-0.2, 0) is 0 Å². The molecule has 0 saturated carbocycles. The molecule has 0 aliphatic carbocycles. The zero-order valence-electron chi connectivity index (χ0n) is 9.49. The van der Waals surface area contributed by atoms with Gasteiger partial charge in [0.05, 0.1) is 23.0 Å². The van der Waals surface area contributed by atoms with Crippen LogP contribution in [-0.4, -0.2) is 13.1 Å². The maximum atomic E-state index is 8.73. The van der Waals surface area contributed by atoms with Crippen LogP contribution in [0.1, 0.15) is 25.8 Å². The first kappa shape index (κ1) is 11.4. The second-order valence-corrected chi connectivity index (χ2v) is 3.75. The van der Waals surface area contributed by atoms with E-state index in [1.54, 1.807) is 12.1 Å². The highest BCUT2D eigenvalue weighted by Gasteiger charge is 2.10. The third-order valence-corrected chi connectivity index (χ3v) is 2.79. The standard InChI is InChI=1S/C12H17N3/c1-4-9(2)15(3)12-6-5-10(8-13)7-11(12)14/h5-7,9H,4,14H2,1-3H3. The van der Waals surface area contributed by atoms with E-state index in [0.29, 0.717) is 17.3 Å². The summed E-state index contributed by atoms with van der Waals surface area (Å²) in [6.07, 6.45) is 1.07. The first-order valence-electron chi connectivity index (χ1n) is 5.12. The fraction of sp³-hybridized carbons (Fsp3) is 0.417. The minimum Gasteiger partial charge on any atom is -0.397 e. The Morgan fingerprint density at radius 2 is 2.20 bits per heavy atom. The summed E-state index contributed by atoms with van der Waals surface area (Å²) in [5.74, 6) is 0. The number of hydrogen-bond acceptors (Lipinski definition) is 3. The first-order chi connectivity index (χ1) is 7.10. The third kappa shape index (κ3) is 2.41. The topological polar surface area (TPSA) is 53.0 Å². The minimum absolute atomic E-state index is 0.445. The molecule has 1 aromatic rings. The van der Waals surface area contributed by atoms with Gasteiger partial charge in [-0.25, -0.2) is 0 Å². The van der Waals surface area contributed by atoms with Crippen molar-refractivity contribution in [2.45, 2.75) is 26.3 Å². The molecule has 0 radical (unpaired) electrons. The Balaban J connectivity index is 3.01. The van der Waals surface area contributed by atoms with Gasteiger partial charge in [-0.05, 0) is 31.5 Å². The maximum Gasteiger partial charge on any atom is 0.0992 e. The van der Waals surface area contributed by atoms with Gasteiger partial charge in [-0.1, -0.05) is 6.92 Å². The first-order valence-corrected chi connectivity index (χ1v) is 5.12. The lowest BCUT2D eigenvalue weighted by Crippen LogP contribution is -2.28. The largest absolute Gasteiger partial charge is 0.397 e. The zero-order valence-corrected chi connectivity index (χ0v) is 9.49. The van der Waals surface area contributed by atoms with E-state index in [1.807, 2.05) is 13.1 Å². The molecule has 80 valence electrons. The lowest BCUT2D eigenvalue weighted by atomic mass is 10.1. The molecule has 0 heterocycles. The molecule has 0 fully saturated rings. The molecule has 0 aromatic heterocycles. The minimum atomic E-state index is 0.445. The highest BCUT2D eigenvalue weighted by atomic mass is 15.1. The zero-order chi connectivity index (χ0) is 11.4. The van der Waals surface area contributed by atoms with Crippen LogP contribution in [0, 0.1) is 11.3 Å². The van der Waals surface area contributed by atoms with Crippen LogP contribution in [0.4, 0.5) is 11.4 Å². The molecule has 1 unspecified atom stereocenters. The molecular formula is C12H17N3. The maximum absolute atomic E-state index is 8.73. The number of nitrogens with zero attached hydrogens (tertiary/aromatic N) is 2. The summed E-state index contributed by atoms with van der Waals surface area (Å²) in [6.45, 7) is 4.29. The van der Waals surface area contributed by atoms with Gasteiger partial charge >= 0.3 is 0 Å². The van der Waals surface area contributed by atoms with Gasteiger partial charge in [0.1, 0.15) is 0 Å². The predicted octanol–water partition coefficient (Wildman–Crippen LogP) is 2.38. The Morgan fingerprint density at radius 1 is 1.53 bits per heavy atom. The van der Waals surface area contributed by atoms with Crippen molar-refractivity contribution in [2.75, 3.05) is 17.7 Å². The summed E-state index contributed by atoms with van der Waals surface area (Å²) >= 11 is 0. The van der Waals surface area contributed by atoms with Crippen molar-refractivity contribution >= 4 is 11.4 Å². The predicted molar refractivity (Wildman–Crippen MR) is 63.7 cm³/mol. The fourth-order valence-corrected chi connectivity index (χ4v) is 1.46. The fourth-order valence-electron chi connectivity index (χ4n) is 1.46. The lowest BCUT2D eigenvalue weighted by Gasteiger charge is -2.27. The van der Waals surface area contributed by atoms with Gasteiger partial charge in [0.25, 0.3) is 0 Å². The molecule has 1 atom stereocenters. The average molecular weight is 203 g/mol. The van der Waals surface area contributed by atoms with Crippen LogP contribution in [0.5, 0.6) is 0 Å². The molecule has 0 bridgehead atoms. The van der Waals surface area contributed by atoms with Crippen molar-refractivity contribution in [3.05, 3.63) is 23.8 Å². The summed E-state index contributed by atoms with van der Waals surface area (Å²) in [7, 11) is 2.02. The van der Waals surface area contributed by atoms with Crippen molar-refractivity contribution in [3.63, 3.8) is 0 Å². The van der Waals surface area contributed by atoms with Crippen molar-refractivity contribution in [3.8, 4) is 6.07 Å². The molecule has 1 rings (SSSR count). The Bertz CT molecular complexity index is 379. The molecule has 2 N–H and O–H groups in total. The van der Waals surface area contributed by atoms with Gasteiger partial charge in [-0.15, -0.1) is 0 Å². The molecule has 0 aliphatic rings. The number of anilines is 2. The molecule has 3 nitrogen and oxygen atoms in total. The number of nitrogens with two attached hydrogens (primary N) is 1. The normalized spacial score (nSPS) is 11.9. The molecule has 0 saturated heterocycles. The second kappa shape index (κ2) is 4.70. The summed E-state index contributed by atoms with van der Waals surface area (Å²) in [4.78, 5) is 2.14. The van der Waals surface area contributed by atoms with E-state index in [0.717, 1.165) is 12.1 Å². The summed E-state index contributed by atoms with van der Waals surface area (Å²) in [6, 6.07) is 7.94. The Labute approximate surface area is 91.1 Å². The van der Waals surface area contributed by atoms with Crippen LogP contribution >= 0.6 is 0 Å². The van der Waals surface area contributed by atoms with Crippen molar-refractivity contribution in [1.29, 1.82) is 5.26 Å². The van der Waals surface area contributed by atoms with E-state index >= 15 is 0 Å². The summed E-state index contributed by atoms with van der Waals surface area (Å²) in [5.41, 5.74) is 8.16. The van der Waals surface area contributed by atoms with E-state index in [1.165, 1.54) is 0 Å². The summed E-state index contributed by atoms with van der Waals surface area (Å²) < 4.78 is 0. The van der Waals surface area contributed by atoms with Crippen molar-refractivity contribution in [1.82, 2.24) is 0 Å². The van der Waals surface area contributed by atoms with Crippen molar-refractivity contribution in [2.24, 2.45) is 0 Å².